The van der Waals surface area contributed by atoms with Crippen molar-refractivity contribution in [3.8, 4) is 0 Å². The summed E-state index contributed by atoms with van der Waals surface area (Å²) in [5, 5.41) is 8.41. The molecule has 0 radical (unpaired) electrons. The minimum absolute atomic E-state index is 0.0556. The first-order valence-electron chi connectivity index (χ1n) is 5.60. The van der Waals surface area contributed by atoms with E-state index in [0.717, 1.165) is 19.3 Å². The van der Waals surface area contributed by atoms with Gasteiger partial charge in [-0.15, -0.1) is 0 Å². The highest BCUT2D eigenvalue weighted by molar-refractivity contribution is 5.86. The second-order valence-corrected chi connectivity index (χ2v) is 3.77. The Morgan fingerprint density at radius 3 is 2.12 bits per heavy atom. The molecule has 0 rings (SSSR count). The van der Waals surface area contributed by atoms with E-state index in [0.29, 0.717) is 5.57 Å². The van der Waals surface area contributed by atoms with Crippen molar-refractivity contribution in [1.82, 2.24) is 4.90 Å². The molecule has 0 aliphatic carbocycles. The number of carbonyl (C=O) groups is 2. The number of aliphatic carboxylic acids is 1. The van der Waals surface area contributed by atoms with Gasteiger partial charge in [-0.1, -0.05) is 32.4 Å². The lowest BCUT2D eigenvalue weighted by molar-refractivity contribution is -0.132. The van der Waals surface area contributed by atoms with Gasteiger partial charge in [0.2, 0.25) is 5.91 Å². The first-order chi connectivity index (χ1) is 7.86. The van der Waals surface area contributed by atoms with E-state index < -0.39 is 5.97 Å². The van der Waals surface area contributed by atoms with Crippen molar-refractivity contribution < 1.29 is 14.7 Å². The van der Waals surface area contributed by atoms with E-state index in [-0.39, 0.29) is 5.91 Å². The first-order valence-corrected chi connectivity index (χ1v) is 5.60. The van der Waals surface area contributed by atoms with Crippen molar-refractivity contribution in [3.63, 3.8) is 0 Å². The van der Waals surface area contributed by atoms with Gasteiger partial charge in [0.15, 0.2) is 0 Å². The van der Waals surface area contributed by atoms with Gasteiger partial charge in [0.25, 0.3) is 0 Å². The summed E-state index contributed by atoms with van der Waals surface area (Å²) in [6.07, 6.45) is 6.12. The zero-order chi connectivity index (χ0) is 13.8. The van der Waals surface area contributed by atoms with Crippen LogP contribution >= 0.6 is 0 Å². The van der Waals surface area contributed by atoms with Crippen LogP contribution in [-0.2, 0) is 9.59 Å². The molecule has 0 aromatic carbocycles. The van der Waals surface area contributed by atoms with E-state index in [1.54, 1.807) is 27.1 Å². The Balaban J connectivity index is 0. The number of carboxylic acid groups (broad SMARTS) is 1. The third-order valence-corrected chi connectivity index (χ3v) is 1.96. The molecule has 0 saturated carbocycles. The van der Waals surface area contributed by atoms with Gasteiger partial charge in [0.1, 0.15) is 0 Å². The second-order valence-electron chi connectivity index (χ2n) is 3.77. The van der Waals surface area contributed by atoms with E-state index in [9.17, 15) is 9.59 Å². The molecule has 0 aliphatic heterocycles. The lowest BCUT2D eigenvalue weighted by Crippen LogP contribution is -2.18. The monoisotopic (exact) mass is 241 g/mol. The van der Waals surface area contributed by atoms with Gasteiger partial charge in [-0.05, 0) is 19.4 Å². The second kappa shape index (κ2) is 10.9. The van der Waals surface area contributed by atoms with Crippen molar-refractivity contribution in [2.75, 3.05) is 14.1 Å². The number of likely N-dealkylation sites (N-methyl/N-ethyl adjacent to an activating group) is 1. The Hall–Kier alpha value is -1.58. The molecule has 0 fully saturated rings. The number of rotatable bonds is 5. The Bertz CT molecular complexity index is 280. The maximum atomic E-state index is 10.3. The molecule has 0 saturated heterocycles. The highest BCUT2D eigenvalue weighted by Gasteiger charge is 1.96. The molecule has 0 aromatic heterocycles. The van der Waals surface area contributed by atoms with Gasteiger partial charge in [0, 0.05) is 19.7 Å². The topological polar surface area (TPSA) is 57.6 Å². The number of carbonyl (C=O) groups excluding carboxylic acids is 1. The quantitative estimate of drug-likeness (QED) is 0.594. The highest BCUT2D eigenvalue weighted by atomic mass is 16.4. The molecule has 98 valence electrons. The normalized spacial score (nSPS) is 10.0. The van der Waals surface area contributed by atoms with E-state index in [1.165, 1.54) is 11.0 Å². The lowest BCUT2D eigenvalue weighted by atomic mass is 10.2. The van der Waals surface area contributed by atoms with Crippen LogP contribution in [-0.4, -0.2) is 36.0 Å². The molecule has 1 amide bonds. The summed E-state index contributed by atoms with van der Waals surface area (Å²) in [5.41, 5.74) is 0.452. The van der Waals surface area contributed by atoms with Gasteiger partial charge >= 0.3 is 5.97 Å². The Morgan fingerprint density at radius 2 is 1.88 bits per heavy atom. The molecule has 1 N–H and O–H groups in total. The maximum absolute atomic E-state index is 10.3. The van der Waals surface area contributed by atoms with Crippen molar-refractivity contribution >= 4 is 11.9 Å². The fourth-order valence-corrected chi connectivity index (χ4v) is 0.793. The fourth-order valence-electron chi connectivity index (χ4n) is 0.793. The molecule has 17 heavy (non-hydrogen) atoms. The summed E-state index contributed by atoms with van der Waals surface area (Å²) in [7, 11) is 3.37. The zero-order valence-corrected chi connectivity index (χ0v) is 11.2. The third-order valence-electron chi connectivity index (χ3n) is 1.96. The summed E-state index contributed by atoms with van der Waals surface area (Å²) < 4.78 is 0. The van der Waals surface area contributed by atoms with Gasteiger partial charge in [0.05, 0.1) is 0 Å². The molecule has 4 heteroatoms. The van der Waals surface area contributed by atoms with Crippen LogP contribution in [0.15, 0.2) is 24.3 Å². The Morgan fingerprint density at radius 1 is 1.35 bits per heavy atom. The molecule has 0 unspecified atom stereocenters. The Kier molecular flexibility index (Phi) is 11.4. The standard InChI is InChI=1S/C8H14O2.C5H9NO/c1-3-4-5-6-7(2)8(9)10;1-4-5(7)6(2)3/h6H,3-5H2,1-2H3,(H,9,10);4H,1H2,2-3H3/b7-6+;. The molecule has 0 atom stereocenters. The SMILES string of the molecule is C=CC(=O)N(C)C.CCCC/C=C(\C)C(=O)O. The molecular formula is C13H23NO3. The van der Waals surface area contributed by atoms with Crippen LogP contribution in [0.5, 0.6) is 0 Å². The summed E-state index contributed by atoms with van der Waals surface area (Å²) in [6, 6.07) is 0. The fraction of sp³-hybridized carbons (Fsp3) is 0.538. The summed E-state index contributed by atoms with van der Waals surface area (Å²) in [4.78, 5) is 22.0. The smallest absolute Gasteiger partial charge is 0.330 e. The average molecular weight is 241 g/mol. The number of hydrogen-bond acceptors (Lipinski definition) is 2. The number of nitrogens with zero attached hydrogens (tertiary/aromatic N) is 1. The van der Waals surface area contributed by atoms with E-state index in [2.05, 4.69) is 13.5 Å². The Labute approximate surface area is 104 Å². The molecule has 0 aromatic rings. The predicted octanol–water partition coefficient (Wildman–Crippen LogP) is 2.47. The van der Waals surface area contributed by atoms with Crippen molar-refractivity contribution in [2.24, 2.45) is 0 Å². The van der Waals surface area contributed by atoms with Crippen molar-refractivity contribution in [2.45, 2.75) is 33.1 Å². The molecule has 0 spiro atoms. The van der Waals surface area contributed by atoms with Crippen LogP contribution in [0.3, 0.4) is 0 Å². The van der Waals surface area contributed by atoms with Gasteiger partial charge < -0.3 is 10.0 Å². The van der Waals surface area contributed by atoms with Gasteiger partial charge in [-0.25, -0.2) is 4.79 Å². The number of carboxylic acids is 1. The maximum Gasteiger partial charge on any atom is 0.330 e. The van der Waals surface area contributed by atoms with E-state index in [4.69, 9.17) is 5.11 Å². The minimum Gasteiger partial charge on any atom is -0.478 e. The van der Waals surface area contributed by atoms with E-state index in [1.807, 2.05) is 0 Å². The summed E-state index contributed by atoms with van der Waals surface area (Å²) >= 11 is 0. The zero-order valence-electron chi connectivity index (χ0n) is 11.2. The molecule has 0 aliphatic rings. The highest BCUT2D eigenvalue weighted by Crippen LogP contribution is 2.00. The van der Waals surface area contributed by atoms with Gasteiger partial charge in [-0.3, -0.25) is 4.79 Å². The van der Waals surface area contributed by atoms with Crippen LogP contribution in [0.1, 0.15) is 33.1 Å². The van der Waals surface area contributed by atoms with E-state index >= 15 is 0 Å². The number of amides is 1. The van der Waals surface area contributed by atoms with Crippen molar-refractivity contribution in [1.29, 1.82) is 0 Å². The summed E-state index contributed by atoms with van der Waals surface area (Å²) in [5.74, 6) is -0.865. The average Bonchev–Trinajstić information content (AvgIpc) is 2.28. The predicted molar refractivity (Wildman–Crippen MR) is 69.8 cm³/mol. The van der Waals surface area contributed by atoms with Crippen LogP contribution in [0.4, 0.5) is 0 Å². The largest absolute Gasteiger partial charge is 0.478 e. The number of allylic oxidation sites excluding steroid dienone is 1. The molecular weight excluding hydrogens is 218 g/mol. The number of unbranched alkanes of at least 4 members (excludes halogenated alkanes) is 2. The van der Waals surface area contributed by atoms with Crippen molar-refractivity contribution in [3.05, 3.63) is 24.3 Å². The van der Waals surface area contributed by atoms with Gasteiger partial charge in [-0.2, -0.15) is 0 Å². The molecule has 0 heterocycles. The molecule has 4 nitrogen and oxygen atoms in total. The summed E-state index contributed by atoms with van der Waals surface area (Å²) in [6.45, 7) is 7.00. The third kappa shape index (κ3) is 12.4. The van der Waals surface area contributed by atoms with Crippen LogP contribution in [0, 0.1) is 0 Å². The molecule has 0 bridgehead atoms. The first kappa shape index (κ1) is 17.8. The van der Waals surface area contributed by atoms with Crippen LogP contribution < -0.4 is 0 Å². The number of hydrogen-bond donors (Lipinski definition) is 1. The lowest BCUT2D eigenvalue weighted by Gasteiger charge is -2.03. The van der Waals surface area contributed by atoms with Crippen LogP contribution in [0.2, 0.25) is 0 Å². The van der Waals surface area contributed by atoms with Crippen LogP contribution in [0.25, 0.3) is 0 Å². The minimum atomic E-state index is -0.809.